The molecule has 1 N–H and O–H groups in total. The van der Waals surface area contributed by atoms with Crippen LogP contribution in [0.25, 0.3) is 0 Å². The van der Waals surface area contributed by atoms with Crippen molar-refractivity contribution in [2.75, 3.05) is 18.0 Å². The number of nitrogens with zero attached hydrogens (tertiary/aromatic N) is 3. The third kappa shape index (κ3) is 2.73. The smallest absolute Gasteiger partial charge is 0.312 e. The van der Waals surface area contributed by atoms with E-state index in [-0.39, 0.29) is 5.69 Å². The number of β-amino-alcohol motifs (C(OH)–C–C–N with tert-alkyl or cyclic N) is 1. The van der Waals surface area contributed by atoms with Crippen molar-refractivity contribution in [1.82, 2.24) is 4.98 Å². The number of anilines is 1. The maximum absolute atomic E-state index is 11.0. The third-order valence-electron chi connectivity index (χ3n) is 2.71. The predicted octanol–water partition coefficient (Wildman–Crippen LogP) is 1.71. The summed E-state index contributed by atoms with van der Waals surface area (Å²) in [6.45, 7) is 1.09. The van der Waals surface area contributed by atoms with Crippen molar-refractivity contribution in [2.24, 2.45) is 0 Å². The fourth-order valence-electron chi connectivity index (χ4n) is 1.95. The maximum Gasteiger partial charge on any atom is 0.312 e. The minimum Gasteiger partial charge on any atom is -0.391 e. The summed E-state index contributed by atoms with van der Waals surface area (Å²) in [7, 11) is 0. The summed E-state index contributed by atoms with van der Waals surface area (Å²) in [5.74, 6) is 0.331. The van der Waals surface area contributed by atoms with Gasteiger partial charge in [0.05, 0.1) is 11.0 Å². The van der Waals surface area contributed by atoms with Gasteiger partial charge in [-0.05, 0) is 28.8 Å². The van der Waals surface area contributed by atoms with Gasteiger partial charge in [-0.1, -0.05) is 0 Å². The standard InChI is InChI=1S/C10H12BrN3O3/c11-7-4-9(14(16)17)10(12-5-7)13-3-1-2-8(15)6-13/h4-5,8,15H,1-3,6H2. The van der Waals surface area contributed by atoms with Gasteiger partial charge < -0.3 is 10.0 Å². The van der Waals surface area contributed by atoms with Gasteiger partial charge in [0.25, 0.3) is 0 Å². The van der Waals surface area contributed by atoms with Crippen LogP contribution in [0.3, 0.4) is 0 Å². The molecule has 1 fully saturated rings. The zero-order chi connectivity index (χ0) is 12.4. The molecule has 1 aromatic heterocycles. The van der Waals surface area contributed by atoms with Crippen LogP contribution in [0.5, 0.6) is 0 Å². The summed E-state index contributed by atoms with van der Waals surface area (Å²) in [6, 6.07) is 1.43. The summed E-state index contributed by atoms with van der Waals surface area (Å²) in [6.07, 6.45) is 2.65. The summed E-state index contributed by atoms with van der Waals surface area (Å²) in [4.78, 5) is 16.3. The van der Waals surface area contributed by atoms with Gasteiger partial charge in [-0.15, -0.1) is 0 Å². The molecule has 1 unspecified atom stereocenters. The second kappa shape index (κ2) is 4.97. The molecule has 92 valence electrons. The molecule has 7 heteroatoms. The number of piperidine rings is 1. The number of rotatable bonds is 2. The number of hydrogen-bond acceptors (Lipinski definition) is 5. The highest BCUT2D eigenvalue weighted by atomic mass is 79.9. The van der Waals surface area contributed by atoms with Gasteiger partial charge in [-0.2, -0.15) is 0 Å². The lowest BCUT2D eigenvalue weighted by molar-refractivity contribution is -0.384. The van der Waals surface area contributed by atoms with E-state index < -0.39 is 11.0 Å². The van der Waals surface area contributed by atoms with E-state index in [4.69, 9.17) is 0 Å². The lowest BCUT2D eigenvalue weighted by Gasteiger charge is -2.30. The number of aliphatic hydroxyl groups is 1. The molecule has 0 aromatic carbocycles. The van der Waals surface area contributed by atoms with E-state index in [0.717, 1.165) is 12.8 Å². The van der Waals surface area contributed by atoms with E-state index in [9.17, 15) is 15.2 Å². The normalized spacial score (nSPS) is 20.4. The largest absolute Gasteiger partial charge is 0.391 e. The molecule has 2 rings (SSSR count). The predicted molar refractivity (Wildman–Crippen MR) is 66.0 cm³/mol. The van der Waals surface area contributed by atoms with Crippen molar-refractivity contribution in [1.29, 1.82) is 0 Å². The SMILES string of the molecule is O=[N+]([O-])c1cc(Br)cnc1N1CCCC(O)C1. The Morgan fingerprint density at radius 3 is 3.06 bits per heavy atom. The van der Waals surface area contributed by atoms with Crippen LogP contribution in [0.4, 0.5) is 11.5 Å². The average molecular weight is 302 g/mol. The molecule has 1 aliphatic heterocycles. The number of nitro groups is 1. The lowest BCUT2D eigenvalue weighted by Crippen LogP contribution is -2.39. The van der Waals surface area contributed by atoms with E-state index in [1.807, 2.05) is 0 Å². The lowest BCUT2D eigenvalue weighted by atomic mass is 10.1. The van der Waals surface area contributed by atoms with Gasteiger partial charge in [0.15, 0.2) is 0 Å². The van der Waals surface area contributed by atoms with Gasteiger partial charge in [0.2, 0.25) is 5.82 Å². The first-order chi connectivity index (χ1) is 8.08. The monoisotopic (exact) mass is 301 g/mol. The van der Waals surface area contributed by atoms with Gasteiger partial charge in [-0.25, -0.2) is 4.98 Å². The first kappa shape index (κ1) is 12.3. The van der Waals surface area contributed by atoms with Crippen LogP contribution >= 0.6 is 15.9 Å². The van der Waals surface area contributed by atoms with Gasteiger partial charge in [-0.3, -0.25) is 10.1 Å². The topological polar surface area (TPSA) is 79.5 Å². The zero-order valence-corrected chi connectivity index (χ0v) is 10.6. The molecule has 6 nitrogen and oxygen atoms in total. The van der Waals surface area contributed by atoms with E-state index in [1.165, 1.54) is 12.3 Å². The first-order valence-corrected chi connectivity index (χ1v) is 6.10. The number of hydrogen-bond donors (Lipinski definition) is 1. The molecule has 17 heavy (non-hydrogen) atoms. The quantitative estimate of drug-likeness (QED) is 0.664. The Bertz CT molecular complexity index is 441. The molecule has 2 heterocycles. The van der Waals surface area contributed by atoms with Gasteiger partial charge in [0, 0.05) is 29.8 Å². The van der Waals surface area contributed by atoms with Crippen LogP contribution in [0.1, 0.15) is 12.8 Å². The number of halogens is 1. The highest BCUT2D eigenvalue weighted by molar-refractivity contribution is 9.10. The Labute approximate surface area is 107 Å². The maximum atomic E-state index is 11.0. The molecule has 1 saturated heterocycles. The molecule has 0 saturated carbocycles. The molecular weight excluding hydrogens is 290 g/mol. The van der Waals surface area contributed by atoms with Crippen molar-refractivity contribution in [3.05, 3.63) is 26.9 Å². The van der Waals surface area contributed by atoms with E-state index >= 15 is 0 Å². The Morgan fingerprint density at radius 1 is 1.65 bits per heavy atom. The van der Waals surface area contributed by atoms with Crippen LogP contribution in [0.15, 0.2) is 16.7 Å². The average Bonchev–Trinajstić information content (AvgIpc) is 2.28. The van der Waals surface area contributed by atoms with Crippen molar-refractivity contribution in [3.63, 3.8) is 0 Å². The van der Waals surface area contributed by atoms with Crippen molar-refractivity contribution >= 4 is 27.4 Å². The Hall–Kier alpha value is -1.21. The second-order valence-electron chi connectivity index (χ2n) is 4.00. The summed E-state index contributed by atoms with van der Waals surface area (Å²) < 4.78 is 0.575. The number of pyridine rings is 1. The van der Waals surface area contributed by atoms with Crippen LogP contribution in [0.2, 0.25) is 0 Å². The molecular formula is C10H12BrN3O3. The highest BCUT2D eigenvalue weighted by Crippen LogP contribution is 2.30. The van der Waals surface area contributed by atoms with Crippen LogP contribution in [-0.4, -0.2) is 34.2 Å². The minimum atomic E-state index is -0.450. The molecule has 1 aliphatic rings. The molecule has 0 aliphatic carbocycles. The van der Waals surface area contributed by atoms with Crippen LogP contribution in [0, 0.1) is 10.1 Å². The van der Waals surface area contributed by atoms with Crippen molar-refractivity contribution in [2.45, 2.75) is 18.9 Å². The van der Waals surface area contributed by atoms with Crippen LogP contribution in [-0.2, 0) is 0 Å². The Kier molecular flexibility index (Phi) is 3.58. The summed E-state index contributed by atoms with van der Waals surface area (Å²) in [5.41, 5.74) is -0.0338. The van der Waals surface area contributed by atoms with Gasteiger partial charge in [0.1, 0.15) is 0 Å². The zero-order valence-electron chi connectivity index (χ0n) is 9.04. The second-order valence-corrected chi connectivity index (χ2v) is 4.91. The van der Waals surface area contributed by atoms with E-state index in [2.05, 4.69) is 20.9 Å². The van der Waals surface area contributed by atoms with Gasteiger partial charge >= 0.3 is 5.69 Å². The molecule has 0 spiro atoms. The molecule has 0 bridgehead atoms. The summed E-state index contributed by atoms with van der Waals surface area (Å²) in [5, 5.41) is 20.5. The van der Waals surface area contributed by atoms with E-state index in [1.54, 1.807) is 4.90 Å². The molecule has 0 radical (unpaired) electrons. The Morgan fingerprint density at radius 2 is 2.41 bits per heavy atom. The fraction of sp³-hybridized carbons (Fsp3) is 0.500. The summed E-state index contributed by atoms with van der Waals surface area (Å²) >= 11 is 3.17. The fourth-order valence-corrected chi connectivity index (χ4v) is 2.27. The molecule has 0 amide bonds. The number of aliphatic hydroxyl groups excluding tert-OH is 1. The van der Waals surface area contributed by atoms with Crippen LogP contribution < -0.4 is 4.90 Å². The first-order valence-electron chi connectivity index (χ1n) is 5.31. The van der Waals surface area contributed by atoms with E-state index in [0.29, 0.717) is 23.4 Å². The molecule has 1 aromatic rings. The minimum absolute atomic E-state index is 0.0338. The van der Waals surface area contributed by atoms with Crippen molar-refractivity contribution < 1.29 is 10.0 Å². The number of aromatic nitrogens is 1. The Balaban J connectivity index is 2.33. The van der Waals surface area contributed by atoms with Crippen molar-refractivity contribution in [3.8, 4) is 0 Å². The third-order valence-corrected chi connectivity index (χ3v) is 3.14. The molecule has 1 atom stereocenters. The highest BCUT2D eigenvalue weighted by Gasteiger charge is 2.25.